The van der Waals surface area contributed by atoms with Crippen LogP contribution in [0.2, 0.25) is 5.02 Å². The normalized spacial score (nSPS) is 16.4. The summed E-state index contributed by atoms with van der Waals surface area (Å²) in [6.07, 6.45) is 2.41. The van der Waals surface area contributed by atoms with Gasteiger partial charge in [0.1, 0.15) is 17.9 Å². The molecule has 2 aromatic heterocycles. The van der Waals surface area contributed by atoms with Crippen LogP contribution < -0.4 is 9.64 Å². The third kappa shape index (κ3) is 4.66. The zero-order valence-corrected chi connectivity index (χ0v) is 22.0. The van der Waals surface area contributed by atoms with E-state index < -0.39 is 12.1 Å². The summed E-state index contributed by atoms with van der Waals surface area (Å²) in [6, 6.07) is 5.47. The number of hydrogen-bond donors (Lipinski definition) is 1. The first-order chi connectivity index (χ1) is 18.9. The van der Waals surface area contributed by atoms with Gasteiger partial charge in [-0.3, -0.25) is 9.89 Å². The fraction of sp³-hybridized carbons (Fsp3) is 0.333. The first kappa shape index (κ1) is 25.5. The van der Waals surface area contributed by atoms with Gasteiger partial charge in [0.05, 0.1) is 29.9 Å². The summed E-state index contributed by atoms with van der Waals surface area (Å²) in [6.45, 7) is 8.36. The number of halogens is 2. The molecule has 12 heteroatoms. The second-order valence-corrected chi connectivity index (χ2v) is 9.77. The van der Waals surface area contributed by atoms with Gasteiger partial charge in [-0.15, -0.1) is 0 Å². The first-order valence-electron chi connectivity index (χ1n) is 12.6. The Kier molecular flexibility index (Phi) is 6.79. The minimum atomic E-state index is -0.586. The lowest BCUT2D eigenvalue weighted by molar-refractivity contribution is -0.126. The molecule has 0 atom stereocenters. The Bertz CT molecular complexity index is 1580. The van der Waals surface area contributed by atoms with Gasteiger partial charge in [0.25, 0.3) is 0 Å². The number of piperazine rings is 1. The van der Waals surface area contributed by atoms with Crippen molar-refractivity contribution in [1.29, 1.82) is 0 Å². The molecule has 0 aliphatic carbocycles. The van der Waals surface area contributed by atoms with Gasteiger partial charge in [-0.2, -0.15) is 15.1 Å². The Balaban J connectivity index is 1.47. The molecular formula is C27H26ClFN6O4. The third-order valence-electron chi connectivity index (χ3n) is 7.03. The number of carbonyl (C=O) groups excluding carboxylic acids is 1. The lowest BCUT2D eigenvalue weighted by atomic mass is 9.95. The van der Waals surface area contributed by atoms with Crippen LogP contribution in [-0.2, 0) is 14.3 Å². The second kappa shape index (κ2) is 10.4. The van der Waals surface area contributed by atoms with Crippen molar-refractivity contribution < 1.29 is 23.4 Å². The van der Waals surface area contributed by atoms with Gasteiger partial charge < -0.3 is 24.0 Å². The van der Waals surface area contributed by atoms with Gasteiger partial charge >= 0.3 is 6.01 Å². The molecule has 10 nitrogen and oxygen atoms in total. The van der Waals surface area contributed by atoms with Crippen molar-refractivity contribution in [2.75, 3.05) is 50.9 Å². The Labute approximate surface area is 228 Å². The Hall–Kier alpha value is -3.80. The number of aryl methyl sites for hydroxylation is 1. The van der Waals surface area contributed by atoms with E-state index in [1.54, 1.807) is 17.2 Å². The number of nitrogens with zero attached hydrogens (tertiary/aromatic N) is 5. The largest absolute Gasteiger partial charge is 0.458 e. The lowest BCUT2D eigenvalue weighted by Gasteiger charge is -2.35. The highest BCUT2D eigenvalue weighted by Gasteiger charge is 2.27. The quantitative estimate of drug-likeness (QED) is 0.360. The monoisotopic (exact) mass is 552 g/mol. The van der Waals surface area contributed by atoms with Crippen LogP contribution in [0.5, 0.6) is 6.01 Å². The first-order valence-corrected chi connectivity index (χ1v) is 13.0. The van der Waals surface area contributed by atoms with Crippen LogP contribution in [0.3, 0.4) is 0 Å². The molecule has 0 bridgehead atoms. The number of amides is 1. The van der Waals surface area contributed by atoms with Crippen molar-refractivity contribution in [2.45, 2.75) is 13.2 Å². The van der Waals surface area contributed by atoms with Gasteiger partial charge in [-0.05, 0) is 30.7 Å². The summed E-state index contributed by atoms with van der Waals surface area (Å²) in [5.41, 5.74) is 2.55. The van der Waals surface area contributed by atoms with Crippen LogP contribution in [0.1, 0.15) is 5.56 Å². The number of rotatable bonds is 6. The molecule has 4 aromatic rings. The molecule has 2 aliphatic heterocycles. The smallest absolute Gasteiger partial charge is 0.319 e. The summed E-state index contributed by atoms with van der Waals surface area (Å²) in [7, 11) is 0. The number of ether oxygens (including phenoxy) is 3. The zero-order valence-electron chi connectivity index (χ0n) is 21.2. The highest BCUT2D eigenvalue weighted by molar-refractivity contribution is 6.35. The maximum absolute atomic E-state index is 16.5. The summed E-state index contributed by atoms with van der Waals surface area (Å²) in [4.78, 5) is 24.9. The molecule has 39 heavy (non-hydrogen) atoms. The molecule has 0 saturated carbocycles. The average Bonchev–Trinajstić information content (AvgIpc) is 3.65. The van der Waals surface area contributed by atoms with Crippen LogP contribution >= 0.6 is 11.6 Å². The predicted molar refractivity (Wildman–Crippen MR) is 145 cm³/mol. The molecule has 1 amide bonds. The van der Waals surface area contributed by atoms with Crippen LogP contribution in [-0.4, -0.2) is 83.3 Å². The number of aromatic amines is 1. The van der Waals surface area contributed by atoms with E-state index >= 15 is 4.39 Å². The molecule has 2 saturated heterocycles. The number of anilines is 1. The molecule has 0 unspecified atom stereocenters. The lowest BCUT2D eigenvalue weighted by Crippen LogP contribution is -2.48. The van der Waals surface area contributed by atoms with E-state index in [9.17, 15) is 4.79 Å². The minimum Gasteiger partial charge on any atom is -0.458 e. The summed E-state index contributed by atoms with van der Waals surface area (Å²) in [5, 5.41) is 8.48. The van der Waals surface area contributed by atoms with E-state index in [4.69, 9.17) is 25.8 Å². The van der Waals surface area contributed by atoms with Gasteiger partial charge in [-0.25, -0.2) is 4.39 Å². The number of fused-ring (bicyclic) bond motifs is 2. The van der Waals surface area contributed by atoms with Crippen molar-refractivity contribution in [2.24, 2.45) is 0 Å². The van der Waals surface area contributed by atoms with Crippen LogP contribution in [0.15, 0.2) is 37.1 Å². The van der Waals surface area contributed by atoms with Gasteiger partial charge in [-0.1, -0.05) is 24.2 Å². The van der Waals surface area contributed by atoms with Gasteiger partial charge in [0.2, 0.25) is 5.91 Å². The molecule has 4 heterocycles. The van der Waals surface area contributed by atoms with E-state index in [0.717, 1.165) is 16.5 Å². The van der Waals surface area contributed by atoms with E-state index in [1.807, 2.05) is 24.0 Å². The maximum atomic E-state index is 16.5. The van der Waals surface area contributed by atoms with Crippen LogP contribution in [0.25, 0.3) is 32.9 Å². The number of carbonyl (C=O) groups is 1. The molecule has 2 aliphatic rings. The van der Waals surface area contributed by atoms with Crippen LogP contribution in [0.4, 0.5) is 10.2 Å². The Morgan fingerprint density at radius 3 is 2.72 bits per heavy atom. The molecule has 2 fully saturated rings. The van der Waals surface area contributed by atoms with E-state index in [-0.39, 0.29) is 34.6 Å². The molecule has 2 aromatic carbocycles. The number of hydrogen-bond acceptors (Lipinski definition) is 8. The molecule has 1 N–H and O–H groups in total. The SMILES string of the molecule is C=CC(=O)N1CCN(c2nc(OCC3OCCO3)nc3c(F)c(-c4c(C)ccc5[nH]ncc45)c(Cl)cc23)CC1. The highest BCUT2D eigenvalue weighted by Crippen LogP contribution is 2.42. The van der Waals surface area contributed by atoms with Crippen molar-refractivity contribution in [3.8, 4) is 17.1 Å². The topological polar surface area (TPSA) is 106 Å². The van der Waals surface area contributed by atoms with E-state index in [0.29, 0.717) is 56.2 Å². The molecule has 0 spiro atoms. The minimum absolute atomic E-state index is 0.00777. The molecule has 6 rings (SSSR count). The third-order valence-corrected chi connectivity index (χ3v) is 7.33. The van der Waals surface area contributed by atoms with Gasteiger partial charge in [0.15, 0.2) is 12.1 Å². The van der Waals surface area contributed by atoms with Crippen molar-refractivity contribution in [3.05, 3.63) is 53.5 Å². The zero-order chi connectivity index (χ0) is 27.1. The average molecular weight is 553 g/mol. The summed E-state index contributed by atoms with van der Waals surface area (Å²) < 4.78 is 33.3. The predicted octanol–water partition coefficient (Wildman–Crippen LogP) is 3.86. The number of nitrogens with one attached hydrogen (secondary N) is 1. The van der Waals surface area contributed by atoms with E-state index in [2.05, 4.69) is 26.7 Å². The van der Waals surface area contributed by atoms with Gasteiger partial charge in [0, 0.05) is 48.1 Å². The number of aromatic nitrogens is 4. The standard InChI is InChI=1S/C27H26ClFN6O4/c1-3-20(36)34-6-8-35(9-7-34)26-16-12-18(28)23(22-15(2)4-5-19-17(22)13-30-33-19)24(29)25(16)31-27(32-26)39-14-21-37-10-11-38-21/h3-5,12-13,21H,1,6-11,14H2,2H3,(H,30,33). The fourth-order valence-corrected chi connectivity index (χ4v) is 5.35. The van der Waals surface area contributed by atoms with Crippen LogP contribution in [0, 0.1) is 12.7 Å². The second-order valence-electron chi connectivity index (χ2n) is 9.36. The summed E-state index contributed by atoms with van der Waals surface area (Å²) in [5.74, 6) is -0.249. The number of H-pyrrole nitrogens is 1. The Morgan fingerprint density at radius 1 is 1.21 bits per heavy atom. The molecular weight excluding hydrogens is 527 g/mol. The maximum Gasteiger partial charge on any atom is 0.319 e. The summed E-state index contributed by atoms with van der Waals surface area (Å²) >= 11 is 6.79. The van der Waals surface area contributed by atoms with Crippen molar-refractivity contribution in [1.82, 2.24) is 25.1 Å². The molecule has 0 radical (unpaired) electrons. The fourth-order valence-electron chi connectivity index (χ4n) is 5.07. The van der Waals surface area contributed by atoms with E-state index in [1.165, 1.54) is 6.08 Å². The molecule has 202 valence electrons. The number of benzene rings is 2. The highest BCUT2D eigenvalue weighted by atomic mass is 35.5. The van der Waals surface area contributed by atoms with Crippen molar-refractivity contribution in [3.63, 3.8) is 0 Å². The Morgan fingerprint density at radius 2 is 1.97 bits per heavy atom. The van der Waals surface area contributed by atoms with Crippen molar-refractivity contribution >= 4 is 45.1 Å².